The molecule has 1 N–H and O–H groups in total. The summed E-state index contributed by atoms with van der Waals surface area (Å²) in [6, 6.07) is 5.53. The number of halogens is 1. The lowest BCUT2D eigenvalue weighted by Crippen LogP contribution is -2.53. The fraction of sp³-hybridized carbons (Fsp3) is 0.556. The molecule has 0 bridgehead atoms. The van der Waals surface area contributed by atoms with E-state index in [0.29, 0.717) is 25.1 Å². The van der Waals surface area contributed by atoms with E-state index in [4.69, 9.17) is 9.47 Å². The molecule has 1 fully saturated rings. The Kier molecular flexibility index (Phi) is 7.18. The molecular formula is C18H25FN2O4. The first-order chi connectivity index (χ1) is 12.0. The van der Waals surface area contributed by atoms with E-state index < -0.39 is 5.82 Å². The highest BCUT2D eigenvalue weighted by atomic mass is 19.1. The Morgan fingerprint density at radius 3 is 2.88 bits per heavy atom. The van der Waals surface area contributed by atoms with E-state index >= 15 is 0 Å². The van der Waals surface area contributed by atoms with E-state index in [2.05, 4.69) is 5.32 Å². The van der Waals surface area contributed by atoms with Crippen molar-refractivity contribution in [3.63, 3.8) is 0 Å². The van der Waals surface area contributed by atoms with Crippen LogP contribution in [0.25, 0.3) is 0 Å². The van der Waals surface area contributed by atoms with Gasteiger partial charge in [-0.15, -0.1) is 0 Å². The third-order valence-electron chi connectivity index (χ3n) is 4.44. The summed E-state index contributed by atoms with van der Waals surface area (Å²) in [6.45, 7) is 0.431. The quantitative estimate of drug-likeness (QED) is 0.812. The standard InChI is InChI=1S/C18H25FN2O4/c1-20-17(22)9-8-15-16(24-2)7-4-10-21(15)18(23)12-25-14-6-3-5-13(19)11-14/h3,5-6,11,15-16H,4,7-10,12H2,1-2H3,(H,20,22)/t15-,16-/m0/s1. The van der Waals surface area contributed by atoms with Crippen LogP contribution in [0.4, 0.5) is 4.39 Å². The molecular weight excluding hydrogens is 327 g/mol. The summed E-state index contributed by atoms with van der Waals surface area (Å²) in [5.74, 6) is -0.349. The van der Waals surface area contributed by atoms with Crippen molar-refractivity contribution < 1.29 is 23.5 Å². The minimum absolute atomic E-state index is 0.0659. The first-order valence-corrected chi connectivity index (χ1v) is 8.46. The zero-order valence-corrected chi connectivity index (χ0v) is 14.7. The molecule has 1 aliphatic rings. The van der Waals surface area contributed by atoms with Gasteiger partial charge in [0, 0.05) is 33.2 Å². The number of nitrogens with zero attached hydrogens (tertiary/aromatic N) is 1. The molecule has 0 aliphatic carbocycles. The maximum atomic E-state index is 13.2. The minimum Gasteiger partial charge on any atom is -0.484 e. The molecule has 2 rings (SSSR count). The summed E-state index contributed by atoms with van der Waals surface area (Å²) in [7, 11) is 3.21. The molecule has 0 aromatic heterocycles. The normalized spacial score (nSPS) is 20.2. The molecule has 2 amide bonds. The third kappa shape index (κ3) is 5.42. The van der Waals surface area contributed by atoms with E-state index in [9.17, 15) is 14.0 Å². The monoisotopic (exact) mass is 352 g/mol. The van der Waals surface area contributed by atoms with E-state index in [-0.39, 0.29) is 30.6 Å². The van der Waals surface area contributed by atoms with Crippen molar-refractivity contribution in [2.75, 3.05) is 27.3 Å². The molecule has 0 radical (unpaired) electrons. The van der Waals surface area contributed by atoms with Gasteiger partial charge in [0.25, 0.3) is 5.91 Å². The summed E-state index contributed by atoms with van der Waals surface area (Å²) in [6.07, 6.45) is 2.44. The van der Waals surface area contributed by atoms with Crippen LogP contribution in [-0.2, 0) is 14.3 Å². The van der Waals surface area contributed by atoms with Gasteiger partial charge in [-0.3, -0.25) is 9.59 Å². The van der Waals surface area contributed by atoms with Gasteiger partial charge >= 0.3 is 0 Å². The number of hydrogen-bond donors (Lipinski definition) is 1. The van der Waals surface area contributed by atoms with Crippen LogP contribution in [0.3, 0.4) is 0 Å². The predicted octanol–water partition coefficient (Wildman–Crippen LogP) is 1.74. The van der Waals surface area contributed by atoms with Gasteiger partial charge in [-0.1, -0.05) is 6.07 Å². The molecule has 25 heavy (non-hydrogen) atoms. The van der Waals surface area contributed by atoms with Gasteiger partial charge in [0.15, 0.2) is 6.61 Å². The van der Waals surface area contributed by atoms with Crippen molar-refractivity contribution in [3.8, 4) is 5.75 Å². The number of nitrogens with one attached hydrogen (secondary N) is 1. The molecule has 6 nitrogen and oxygen atoms in total. The first-order valence-electron chi connectivity index (χ1n) is 8.46. The molecule has 138 valence electrons. The topological polar surface area (TPSA) is 67.9 Å². The summed E-state index contributed by atoms with van der Waals surface area (Å²) < 4.78 is 24.1. The zero-order valence-electron chi connectivity index (χ0n) is 14.7. The lowest BCUT2D eigenvalue weighted by molar-refractivity contribution is -0.143. The van der Waals surface area contributed by atoms with Gasteiger partial charge < -0.3 is 19.7 Å². The van der Waals surface area contributed by atoms with Gasteiger partial charge in [-0.25, -0.2) is 4.39 Å². The van der Waals surface area contributed by atoms with Crippen molar-refractivity contribution >= 4 is 11.8 Å². The van der Waals surface area contributed by atoms with E-state index in [1.807, 2.05) is 0 Å². The summed E-state index contributed by atoms with van der Waals surface area (Å²) in [5.41, 5.74) is 0. The zero-order chi connectivity index (χ0) is 18.2. The second kappa shape index (κ2) is 9.36. The maximum absolute atomic E-state index is 13.2. The van der Waals surface area contributed by atoms with Gasteiger partial charge in [-0.2, -0.15) is 0 Å². The van der Waals surface area contributed by atoms with Gasteiger partial charge in [0.05, 0.1) is 12.1 Å². The number of methoxy groups -OCH3 is 1. The van der Waals surface area contributed by atoms with Crippen molar-refractivity contribution in [1.82, 2.24) is 10.2 Å². The number of rotatable bonds is 7. The number of likely N-dealkylation sites (tertiary alicyclic amines) is 1. The fourth-order valence-electron chi connectivity index (χ4n) is 3.14. The maximum Gasteiger partial charge on any atom is 0.260 e. The number of ether oxygens (including phenoxy) is 2. The number of hydrogen-bond acceptors (Lipinski definition) is 4. The Labute approximate surface area is 147 Å². The number of piperidine rings is 1. The highest BCUT2D eigenvalue weighted by Crippen LogP contribution is 2.24. The molecule has 2 atom stereocenters. The molecule has 1 heterocycles. The van der Waals surface area contributed by atoms with Crippen LogP contribution in [0.5, 0.6) is 5.75 Å². The number of amides is 2. The summed E-state index contributed by atoms with van der Waals surface area (Å²) >= 11 is 0. The molecule has 0 spiro atoms. The van der Waals surface area contributed by atoms with Crippen LogP contribution >= 0.6 is 0 Å². The SMILES string of the molecule is CNC(=O)CC[C@H]1[C@@H](OC)CCCN1C(=O)COc1cccc(F)c1. The smallest absolute Gasteiger partial charge is 0.260 e. The van der Waals surface area contributed by atoms with Crippen LogP contribution in [0.1, 0.15) is 25.7 Å². The van der Waals surface area contributed by atoms with Crippen LogP contribution in [0.15, 0.2) is 24.3 Å². The lowest BCUT2D eigenvalue weighted by Gasteiger charge is -2.40. The van der Waals surface area contributed by atoms with Gasteiger partial charge in [-0.05, 0) is 31.4 Å². The average Bonchev–Trinajstić information content (AvgIpc) is 2.63. The van der Waals surface area contributed by atoms with Crippen molar-refractivity contribution in [1.29, 1.82) is 0 Å². The van der Waals surface area contributed by atoms with Crippen molar-refractivity contribution in [2.45, 2.75) is 37.8 Å². The summed E-state index contributed by atoms with van der Waals surface area (Å²) in [5, 5.41) is 2.59. The second-order valence-corrected chi connectivity index (χ2v) is 6.03. The Hall–Kier alpha value is -2.15. The molecule has 1 saturated heterocycles. The van der Waals surface area contributed by atoms with Crippen molar-refractivity contribution in [3.05, 3.63) is 30.1 Å². The number of carbonyl (C=O) groups excluding carboxylic acids is 2. The third-order valence-corrected chi connectivity index (χ3v) is 4.44. The molecule has 7 heteroatoms. The van der Waals surface area contributed by atoms with E-state index in [1.165, 1.54) is 18.2 Å². The molecule has 1 aliphatic heterocycles. The van der Waals surface area contributed by atoms with Crippen molar-refractivity contribution in [2.24, 2.45) is 0 Å². The number of carbonyl (C=O) groups is 2. The Bertz CT molecular complexity index is 596. The van der Waals surface area contributed by atoms with E-state index in [1.54, 1.807) is 25.1 Å². The minimum atomic E-state index is -0.411. The van der Waals surface area contributed by atoms with Crippen LogP contribution < -0.4 is 10.1 Å². The van der Waals surface area contributed by atoms with E-state index in [0.717, 1.165) is 12.8 Å². The molecule has 1 aromatic carbocycles. The molecule has 1 aromatic rings. The Morgan fingerprint density at radius 1 is 1.40 bits per heavy atom. The molecule has 0 saturated carbocycles. The predicted molar refractivity (Wildman–Crippen MR) is 90.7 cm³/mol. The first kappa shape index (κ1) is 19.2. The van der Waals surface area contributed by atoms with Crippen LogP contribution in [0.2, 0.25) is 0 Å². The fourth-order valence-corrected chi connectivity index (χ4v) is 3.14. The highest BCUT2D eigenvalue weighted by Gasteiger charge is 2.34. The highest BCUT2D eigenvalue weighted by molar-refractivity contribution is 5.79. The Balaban J connectivity index is 1.99. The number of benzene rings is 1. The Morgan fingerprint density at radius 2 is 2.20 bits per heavy atom. The largest absolute Gasteiger partial charge is 0.484 e. The van der Waals surface area contributed by atoms with Gasteiger partial charge in [0.1, 0.15) is 11.6 Å². The molecule has 0 unspecified atom stereocenters. The lowest BCUT2D eigenvalue weighted by atomic mass is 9.94. The second-order valence-electron chi connectivity index (χ2n) is 6.03. The van der Waals surface area contributed by atoms with Gasteiger partial charge in [0.2, 0.25) is 5.91 Å². The average molecular weight is 352 g/mol. The summed E-state index contributed by atoms with van der Waals surface area (Å²) in [4.78, 5) is 25.9. The van der Waals surface area contributed by atoms with Crippen LogP contribution in [0, 0.1) is 5.82 Å². The van der Waals surface area contributed by atoms with Crippen LogP contribution in [-0.4, -0.2) is 56.2 Å².